The zero-order valence-corrected chi connectivity index (χ0v) is 11.6. The van der Waals surface area contributed by atoms with Crippen LogP contribution >= 0.6 is 0 Å². The summed E-state index contributed by atoms with van der Waals surface area (Å²) in [7, 11) is 1.70. The third kappa shape index (κ3) is 3.47. The van der Waals surface area contributed by atoms with Crippen LogP contribution in [-0.2, 0) is 9.53 Å². The molecule has 104 valence electrons. The molecule has 1 fully saturated rings. The van der Waals surface area contributed by atoms with Crippen molar-refractivity contribution in [3.63, 3.8) is 0 Å². The maximum atomic E-state index is 12.2. The summed E-state index contributed by atoms with van der Waals surface area (Å²) >= 11 is 0. The maximum Gasteiger partial charge on any atom is 0.223 e. The van der Waals surface area contributed by atoms with E-state index >= 15 is 0 Å². The molecule has 1 aliphatic rings. The Kier molecular flexibility index (Phi) is 4.43. The lowest BCUT2D eigenvalue weighted by Gasteiger charge is -2.19. The molecule has 2 rings (SSSR count). The van der Waals surface area contributed by atoms with Gasteiger partial charge in [-0.1, -0.05) is 19.1 Å². The number of amides is 1. The third-order valence-corrected chi connectivity index (χ3v) is 3.82. The average Bonchev–Trinajstić information content (AvgIpc) is 2.88. The summed E-state index contributed by atoms with van der Waals surface area (Å²) in [6.45, 7) is 3.61. The fourth-order valence-corrected chi connectivity index (χ4v) is 2.48. The first-order valence-electron chi connectivity index (χ1n) is 6.76. The summed E-state index contributed by atoms with van der Waals surface area (Å²) in [5.41, 5.74) is 7.58. The first-order valence-corrected chi connectivity index (χ1v) is 6.76. The van der Waals surface area contributed by atoms with Crippen molar-refractivity contribution < 1.29 is 9.53 Å². The van der Waals surface area contributed by atoms with Crippen LogP contribution in [0.25, 0.3) is 0 Å². The number of nitrogens with two attached hydrogens (primary N) is 1. The number of carbonyl (C=O) groups excluding carboxylic acids is 1. The van der Waals surface area contributed by atoms with E-state index in [4.69, 9.17) is 10.5 Å². The predicted molar refractivity (Wildman–Crippen MR) is 75.9 cm³/mol. The second-order valence-corrected chi connectivity index (χ2v) is 5.26. The molecule has 1 heterocycles. The molecule has 2 N–H and O–H groups in total. The quantitative estimate of drug-likeness (QED) is 0.844. The van der Waals surface area contributed by atoms with Gasteiger partial charge in [-0.3, -0.25) is 4.79 Å². The van der Waals surface area contributed by atoms with Crippen molar-refractivity contribution in [1.82, 2.24) is 4.90 Å². The second kappa shape index (κ2) is 6.06. The Balaban J connectivity index is 1.90. The monoisotopic (exact) mass is 262 g/mol. The molecule has 4 heteroatoms. The summed E-state index contributed by atoms with van der Waals surface area (Å²) in [5.74, 6) is 0.429. The molecule has 2 unspecified atom stereocenters. The van der Waals surface area contributed by atoms with Gasteiger partial charge in [0.25, 0.3) is 0 Å². The lowest BCUT2D eigenvalue weighted by Crippen LogP contribution is -2.30. The zero-order valence-electron chi connectivity index (χ0n) is 11.6. The first-order chi connectivity index (χ1) is 9.10. The largest absolute Gasteiger partial charge is 0.399 e. The van der Waals surface area contributed by atoms with Gasteiger partial charge in [-0.05, 0) is 30.0 Å². The number of methoxy groups -OCH3 is 1. The SMILES string of the molecule is COC1CCN(C(=O)CC(C)c2ccc(N)cc2)C1. The number of rotatable bonds is 4. The number of likely N-dealkylation sites (tertiary alicyclic amines) is 1. The van der Waals surface area contributed by atoms with Crippen LogP contribution in [0.5, 0.6) is 0 Å². The molecule has 2 atom stereocenters. The summed E-state index contributed by atoms with van der Waals surface area (Å²) in [5, 5.41) is 0. The van der Waals surface area contributed by atoms with Gasteiger partial charge in [-0.25, -0.2) is 0 Å². The van der Waals surface area contributed by atoms with E-state index < -0.39 is 0 Å². The number of anilines is 1. The minimum absolute atomic E-state index is 0.204. The van der Waals surface area contributed by atoms with Crippen LogP contribution in [0.4, 0.5) is 5.69 Å². The Labute approximate surface area is 114 Å². The average molecular weight is 262 g/mol. The van der Waals surface area contributed by atoms with Crippen molar-refractivity contribution in [1.29, 1.82) is 0 Å². The van der Waals surface area contributed by atoms with Crippen molar-refractivity contribution >= 4 is 11.6 Å². The van der Waals surface area contributed by atoms with Gasteiger partial charge < -0.3 is 15.4 Å². The molecule has 1 aromatic carbocycles. The van der Waals surface area contributed by atoms with Gasteiger partial charge in [-0.15, -0.1) is 0 Å². The van der Waals surface area contributed by atoms with Crippen molar-refractivity contribution in [3.05, 3.63) is 29.8 Å². The van der Waals surface area contributed by atoms with E-state index in [0.29, 0.717) is 6.42 Å². The Bertz CT molecular complexity index is 430. The molecule has 1 saturated heterocycles. The van der Waals surface area contributed by atoms with Gasteiger partial charge in [0.05, 0.1) is 6.10 Å². The molecular weight excluding hydrogens is 240 g/mol. The van der Waals surface area contributed by atoms with E-state index in [1.54, 1.807) is 7.11 Å². The predicted octanol–water partition coefficient (Wildman–Crippen LogP) is 2.01. The highest BCUT2D eigenvalue weighted by atomic mass is 16.5. The Morgan fingerprint density at radius 2 is 2.16 bits per heavy atom. The molecule has 1 amide bonds. The molecule has 1 aromatic rings. The van der Waals surface area contributed by atoms with Crippen LogP contribution in [0.15, 0.2) is 24.3 Å². The Morgan fingerprint density at radius 1 is 1.47 bits per heavy atom. The zero-order chi connectivity index (χ0) is 13.8. The molecule has 0 radical (unpaired) electrons. The molecule has 0 aromatic heterocycles. The number of nitrogen functional groups attached to an aromatic ring is 1. The molecule has 19 heavy (non-hydrogen) atoms. The Morgan fingerprint density at radius 3 is 2.74 bits per heavy atom. The normalized spacial score (nSPS) is 20.5. The number of hydrogen-bond donors (Lipinski definition) is 1. The van der Waals surface area contributed by atoms with Gasteiger partial charge in [0, 0.05) is 32.3 Å². The van der Waals surface area contributed by atoms with Crippen molar-refractivity contribution in [2.24, 2.45) is 0 Å². The fraction of sp³-hybridized carbons (Fsp3) is 0.533. The van der Waals surface area contributed by atoms with E-state index in [9.17, 15) is 4.79 Å². The van der Waals surface area contributed by atoms with Gasteiger partial charge in [-0.2, -0.15) is 0 Å². The van der Waals surface area contributed by atoms with Crippen LogP contribution in [0.2, 0.25) is 0 Å². The maximum absolute atomic E-state index is 12.2. The third-order valence-electron chi connectivity index (χ3n) is 3.82. The molecular formula is C15H22N2O2. The topological polar surface area (TPSA) is 55.6 Å². The molecule has 0 bridgehead atoms. The molecule has 0 saturated carbocycles. The number of carbonyl (C=O) groups is 1. The fourth-order valence-electron chi connectivity index (χ4n) is 2.48. The van der Waals surface area contributed by atoms with Crippen molar-refractivity contribution in [3.8, 4) is 0 Å². The Hall–Kier alpha value is -1.55. The number of hydrogen-bond acceptors (Lipinski definition) is 3. The minimum atomic E-state index is 0.204. The highest BCUT2D eigenvalue weighted by Crippen LogP contribution is 2.22. The summed E-state index contributed by atoms with van der Waals surface area (Å²) < 4.78 is 5.29. The molecule has 1 aliphatic heterocycles. The van der Waals surface area contributed by atoms with Crippen LogP contribution < -0.4 is 5.73 Å². The second-order valence-electron chi connectivity index (χ2n) is 5.26. The van der Waals surface area contributed by atoms with E-state index in [2.05, 4.69) is 6.92 Å². The molecule has 0 spiro atoms. The van der Waals surface area contributed by atoms with Crippen LogP contribution in [0.1, 0.15) is 31.2 Å². The van der Waals surface area contributed by atoms with E-state index in [-0.39, 0.29) is 17.9 Å². The molecule has 0 aliphatic carbocycles. The van der Waals surface area contributed by atoms with E-state index in [0.717, 1.165) is 30.8 Å². The standard InChI is InChI=1S/C15H22N2O2/c1-11(12-3-5-13(16)6-4-12)9-15(18)17-8-7-14(10-17)19-2/h3-6,11,14H,7-10,16H2,1-2H3. The lowest BCUT2D eigenvalue weighted by molar-refractivity contribution is -0.130. The van der Waals surface area contributed by atoms with Crippen LogP contribution in [0, 0.1) is 0 Å². The van der Waals surface area contributed by atoms with E-state index in [1.165, 1.54) is 0 Å². The molecule has 4 nitrogen and oxygen atoms in total. The smallest absolute Gasteiger partial charge is 0.223 e. The van der Waals surface area contributed by atoms with Gasteiger partial charge in [0.1, 0.15) is 0 Å². The number of ether oxygens (including phenoxy) is 1. The van der Waals surface area contributed by atoms with Crippen molar-refractivity contribution in [2.75, 3.05) is 25.9 Å². The summed E-state index contributed by atoms with van der Waals surface area (Å²) in [4.78, 5) is 14.1. The number of nitrogens with zero attached hydrogens (tertiary/aromatic N) is 1. The highest BCUT2D eigenvalue weighted by molar-refractivity contribution is 5.77. The first kappa shape index (κ1) is 13.9. The van der Waals surface area contributed by atoms with E-state index in [1.807, 2.05) is 29.2 Å². The minimum Gasteiger partial charge on any atom is -0.399 e. The summed E-state index contributed by atoms with van der Waals surface area (Å²) in [6.07, 6.45) is 1.69. The lowest BCUT2D eigenvalue weighted by atomic mass is 9.97. The van der Waals surface area contributed by atoms with Crippen LogP contribution in [0.3, 0.4) is 0 Å². The summed E-state index contributed by atoms with van der Waals surface area (Å²) in [6, 6.07) is 7.75. The van der Waals surface area contributed by atoms with Gasteiger partial charge in [0.2, 0.25) is 5.91 Å². The van der Waals surface area contributed by atoms with Crippen molar-refractivity contribution in [2.45, 2.75) is 31.8 Å². The number of benzene rings is 1. The van der Waals surface area contributed by atoms with Gasteiger partial charge >= 0.3 is 0 Å². The van der Waals surface area contributed by atoms with Crippen LogP contribution in [-0.4, -0.2) is 37.1 Å². The highest BCUT2D eigenvalue weighted by Gasteiger charge is 2.26. The van der Waals surface area contributed by atoms with Gasteiger partial charge in [0.15, 0.2) is 0 Å².